The lowest BCUT2D eigenvalue weighted by atomic mass is 10.0. The van der Waals surface area contributed by atoms with E-state index < -0.39 is 0 Å². The average Bonchev–Trinajstić information content (AvgIpc) is 2.29. The minimum absolute atomic E-state index is 0.666. The van der Waals surface area contributed by atoms with Gasteiger partial charge in [-0.05, 0) is 34.3 Å². The van der Waals surface area contributed by atoms with E-state index in [1.807, 2.05) is 6.07 Å². The Morgan fingerprint density at radius 1 is 1.38 bits per heavy atom. The molecule has 2 nitrogen and oxygen atoms in total. The fourth-order valence-electron chi connectivity index (χ4n) is 1.58. The van der Waals surface area contributed by atoms with Crippen molar-refractivity contribution in [1.29, 1.82) is 0 Å². The summed E-state index contributed by atoms with van der Waals surface area (Å²) in [5.41, 5.74) is 0. The highest BCUT2D eigenvalue weighted by atomic mass is 79.9. The first-order chi connectivity index (χ1) is 7.76. The summed E-state index contributed by atoms with van der Waals surface area (Å²) in [7, 11) is 0. The molecule has 0 N–H and O–H groups in total. The number of rotatable bonds is 7. The minimum atomic E-state index is 0.666. The van der Waals surface area contributed by atoms with E-state index in [1.165, 1.54) is 25.7 Å². The smallest absolute Gasteiger partial charge is 0.138 e. The maximum absolute atomic E-state index is 5.74. The Morgan fingerprint density at radius 3 is 2.81 bits per heavy atom. The third kappa shape index (κ3) is 4.97. The Kier molecular flexibility index (Phi) is 6.46. The molecule has 1 aromatic rings. The molecule has 0 aliphatic rings. The fourth-order valence-corrected chi connectivity index (χ4v) is 1.93. The van der Waals surface area contributed by atoms with Gasteiger partial charge >= 0.3 is 0 Å². The second-order valence-corrected chi connectivity index (χ2v) is 4.98. The van der Waals surface area contributed by atoms with Gasteiger partial charge in [0.05, 0.1) is 12.8 Å². The van der Waals surface area contributed by atoms with Crippen LogP contribution in [-0.2, 0) is 0 Å². The van der Waals surface area contributed by atoms with Crippen LogP contribution < -0.4 is 4.74 Å². The van der Waals surface area contributed by atoms with Crippen molar-refractivity contribution < 1.29 is 4.74 Å². The molecule has 0 saturated carbocycles. The molecule has 0 saturated heterocycles. The molecule has 1 atom stereocenters. The Labute approximate surface area is 107 Å². The Hall–Kier alpha value is -0.570. The molecule has 1 heterocycles. The predicted molar refractivity (Wildman–Crippen MR) is 70.7 cm³/mol. The number of aromatic nitrogens is 1. The van der Waals surface area contributed by atoms with Crippen LogP contribution in [0.5, 0.6) is 5.75 Å². The van der Waals surface area contributed by atoms with Crippen molar-refractivity contribution in [3.63, 3.8) is 0 Å². The van der Waals surface area contributed by atoms with Gasteiger partial charge in [-0.15, -0.1) is 0 Å². The Balaban J connectivity index is 2.37. The lowest BCUT2D eigenvalue weighted by Crippen LogP contribution is -2.11. The zero-order chi connectivity index (χ0) is 11.8. The van der Waals surface area contributed by atoms with Crippen molar-refractivity contribution in [1.82, 2.24) is 4.98 Å². The van der Waals surface area contributed by atoms with Gasteiger partial charge < -0.3 is 4.74 Å². The molecule has 1 unspecified atom stereocenters. The molecule has 0 amide bonds. The van der Waals surface area contributed by atoms with Crippen LogP contribution in [0.4, 0.5) is 0 Å². The van der Waals surface area contributed by atoms with Gasteiger partial charge in [0.1, 0.15) is 5.75 Å². The Bertz CT molecular complexity index is 304. The first-order valence-corrected chi connectivity index (χ1v) is 6.78. The summed E-state index contributed by atoms with van der Waals surface area (Å²) in [5, 5.41) is 0. The molecule has 3 heteroatoms. The maximum atomic E-state index is 5.74. The van der Waals surface area contributed by atoms with Gasteiger partial charge in [0.15, 0.2) is 0 Å². The summed E-state index contributed by atoms with van der Waals surface area (Å²) in [6, 6.07) is 1.96. The molecule has 0 spiro atoms. The number of hydrogen-bond donors (Lipinski definition) is 0. The second-order valence-electron chi connectivity index (χ2n) is 4.07. The number of unbranched alkanes of at least 4 members (excludes halogenated alkanes) is 1. The van der Waals surface area contributed by atoms with Crippen molar-refractivity contribution in [2.24, 2.45) is 5.92 Å². The van der Waals surface area contributed by atoms with Crippen molar-refractivity contribution in [3.8, 4) is 5.75 Å². The van der Waals surface area contributed by atoms with Crippen LogP contribution in [0, 0.1) is 5.92 Å². The number of halogens is 1. The Morgan fingerprint density at radius 2 is 2.19 bits per heavy atom. The molecule has 0 aliphatic carbocycles. The van der Waals surface area contributed by atoms with E-state index in [-0.39, 0.29) is 0 Å². The van der Waals surface area contributed by atoms with Gasteiger partial charge in [-0.25, -0.2) is 0 Å². The van der Waals surface area contributed by atoms with Crippen LogP contribution in [0.2, 0.25) is 0 Å². The van der Waals surface area contributed by atoms with Crippen molar-refractivity contribution >= 4 is 15.9 Å². The molecule has 0 radical (unpaired) electrons. The summed E-state index contributed by atoms with van der Waals surface area (Å²) in [6.07, 6.45) is 8.52. The molecular formula is C13H20BrNO. The van der Waals surface area contributed by atoms with Gasteiger partial charge in [0, 0.05) is 10.7 Å². The SMILES string of the molecule is CCCCC(CC)COc1cncc(Br)c1. The topological polar surface area (TPSA) is 22.1 Å². The van der Waals surface area contributed by atoms with Gasteiger partial charge in [-0.3, -0.25) is 4.98 Å². The van der Waals surface area contributed by atoms with Crippen LogP contribution in [0.1, 0.15) is 39.5 Å². The number of ether oxygens (including phenoxy) is 1. The highest BCUT2D eigenvalue weighted by molar-refractivity contribution is 9.10. The molecule has 1 aromatic heterocycles. The molecule has 16 heavy (non-hydrogen) atoms. The van der Waals surface area contributed by atoms with E-state index in [9.17, 15) is 0 Å². The highest BCUT2D eigenvalue weighted by Gasteiger charge is 2.07. The summed E-state index contributed by atoms with van der Waals surface area (Å²) >= 11 is 3.39. The quantitative estimate of drug-likeness (QED) is 0.739. The molecule has 0 aliphatic heterocycles. The third-order valence-corrected chi connectivity index (χ3v) is 3.14. The molecular weight excluding hydrogens is 266 g/mol. The van der Waals surface area contributed by atoms with Crippen molar-refractivity contribution in [3.05, 3.63) is 22.9 Å². The second kappa shape index (κ2) is 7.66. The van der Waals surface area contributed by atoms with Gasteiger partial charge in [-0.1, -0.05) is 33.1 Å². The normalized spacial score (nSPS) is 12.4. The van der Waals surface area contributed by atoms with Crippen LogP contribution >= 0.6 is 15.9 Å². The van der Waals surface area contributed by atoms with Crippen LogP contribution in [-0.4, -0.2) is 11.6 Å². The van der Waals surface area contributed by atoms with Gasteiger partial charge in [0.25, 0.3) is 0 Å². The van der Waals surface area contributed by atoms with Crippen LogP contribution in [0.3, 0.4) is 0 Å². The summed E-state index contributed by atoms with van der Waals surface area (Å²) in [4.78, 5) is 4.08. The summed E-state index contributed by atoms with van der Waals surface area (Å²) in [6.45, 7) is 5.25. The molecule has 0 fully saturated rings. The lowest BCUT2D eigenvalue weighted by Gasteiger charge is -2.15. The number of pyridine rings is 1. The monoisotopic (exact) mass is 285 g/mol. The summed E-state index contributed by atoms with van der Waals surface area (Å²) in [5.74, 6) is 1.52. The van der Waals surface area contributed by atoms with E-state index in [0.717, 1.165) is 16.8 Å². The molecule has 0 aromatic carbocycles. The largest absolute Gasteiger partial charge is 0.492 e. The first kappa shape index (κ1) is 13.5. The van der Waals surface area contributed by atoms with Crippen molar-refractivity contribution in [2.75, 3.05) is 6.61 Å². The molecule has 1 rings (SSSR count). The summed E-state index contributed by atoms with van der Waals surface area (Å²) < 4.78 is 6.71. The van der Waals surface area contributed by atoms with Crippen LogP contribution in [0.15, 0.2) is 22.9 Å². The van der Waals surface area contributed by atoms with Crippen LogP contribution in [0.25, 0.3) is 0 Å². The van der Waals surface area contributed by atoms with Gasteiger partial charge in [-0.2, -0.15) is 0 Å². The molecule has 90 valence electrons. The fraction of sp³-hybridized carbons (Fsp3) is 0.615. The number of nitrogens with zero attached hydrogens (tertiary/aromatic N) is 1. The van der Waals surface area contributed by atoms with E-state index in [0.29, 0.717) is 5.92 Å². The van der Waals surface area contributed by atoms with E-state index in [2.05, 4.69) is 34.8 Å². The average molecular weight is 286 g/mol. The van der Waals surface area contributed by atoms with Gasteiger partial charge in [0.2, 0.25) is 0 Å². The first-order valence-electron chi connectivity index (χ1n) is 5.99. The zero-order valence-electron chi connectivity index (χ0n) is 10.1. The highest BCUT2D eigenvalue weighted by Crippen LogP contribution is 2.18. The zero-order valence-corrected chi connectivity index (χ0v) is 11.7. The maximum Gasteiger partial charge on any atom is 0.138 e. The van der Waals surface area contributed by atoms with E-state index >= 15 is 0 Å². The minimum Gasteiger partial charge on any atom is -0.492 e. The predicted octanol–water partition coefficient (Wildman–Crippen LogP) is 4.44. The third-order valence-electron chi connectivity index (χ3n) is 2.71. The molecule has 0 bridgehead atoms. The van der Waals surface area contributed by atoms with Crippen molar-refractivity contribution in [2.45, 2.75) is 39.5 Å². The van der Waals surface area contributed by atoms with E-state index in [1.54, 1.807) is 12.4 Å². The lowest BCUT2D eigenvalue weighted by molar-refractivity contribution is 0.232. The number of hydrogen-bond acceptors (Lipinski definition) is 2. The standard InChI is InChI=1S/C13H20BrNO/c1-3-5-6-11(4-2)10-16-13-7-12(14)8-15-9-13/h7-9,11H,3-6,10H2,1-2H3. The van der Waals surface area contributed by atoms with E-state index in [4.69, 9.17) is 4.74 Å².